The summed E-state index contributed by atoms with van der Waals surface area (Å²) in [7, 11) is 1.68. The molecule has 1 aliphatic heterocycles. The Morgan fingerprint density at radius 3 is 2.56 bits per heavy atom. The van der Waals surface area contributed by atoms with Crippen LogP contribution in [0, 0.1) is 6.92 Å². The zero-order valence-electron chi connectivity index (χ0n) is 18.9. The Hall–Kier alpha value is -3.36. The maximum atomic E-state index is 13.2. The Balaban J connectivity index is 1.45. The smallest absolute Gasteiger partial charge is 0.345 e. The molecule has 0 radical (unpaired) electrons. The highest BCUT2D eigenvalue weighted by Crippen LogP contribution is 2.29. The molecule has 0 unspecified atom stereocenters. The van der Waals surface area contributed by atoms with Crippen molar-refractivity contribution >= 4 is 5.91 Å². The average molecular weight is 440 g/mol. The third-order valence-electron chi connectivity index (χ3n) is 5.96. The van der Waals surface area contributed by atoms with Gasteiger partial charge in [-0.3, -0.25) is 9.36 Å². The summed E-state index contributed by atoms with van der Waals surface area (Å²) in [5.74, 6) is 2.07. The van der Waals surface area contributed by atoms with Gasteiger partial charge in [0.25, 0.3) is 5.91 Å². The van der Waals surface area contributed by atoms with Gasteiger partial charge in [0.05, 0.1) is 5.56 Å². The Morgan fingerprint density at radius 2 is 1.91 bits per heavy atom. The molecule has 9 nitrogen and oxygen atoms in total. The van der Waals surface area contributed by atoms with E-state index in [1.807, 2.05) is 44.2 Å². The molecular formula is C23H29N5O4. The summed E-state index contributed by atoms with van der Waals surface area (Å²) in [6.07, 6.45) is 1.48. The molecule has 1 aliphatic rings. The van der Waals surface area contributed by atoms with Crippen LogP contribution in [-0.2, 0) is 13.7 Å². The van der Waals surface area contributed by atoms with Gasteiger partial charge in [-0.25, -0.2) is 9.48 Å². The number of nitrogens with zero attached hydrogens (tertiary/aromatic N) is 5. The molecule has 1 fully saturated rings. The number of aromatic nitrogens is 4. The van der Waals surface area contributed by atoms with E-state index in [2.05, 4.69) is 10.3 Å². The summed E-state index contributed by atoms with van der Waals surface area (Å²) in [6, 6.07) is 9.48. The molecule has 32 heavy (non-hydrogen) atoms. The number of rotatable bonds is 6. The van der Waals surface area contributed by atoms with Crippen molar-refractivity contribution in [3.8, 4) is 5.75 Å². The van der Waals surface area contributed by atoms with Crippen molar-refractivity contribution in [2.24, 2.45) is 7.05 Å². The fourth-order valence-electron chi connectivity index (χ4n) is 4.15. The van der Waals surface area contributed by atoms with Gasteiger partial charge in [0.15, 0.2) is 5.69 Å². The van der Waals surface area contributed by atoms with Crippen molar-refractivity contribution in [3.05, 3.63) is 63.7 Å². The molecule has 9 heteroatoms. The van der Waals surface area contributed by atoms with Gasteiger partial charge in [0.2, 0.25) is 0 Å². The number of carbonyl (C=O) groups excluding carboxylic acids is 1. The van der Waals surface area contributed by atoms with Crippen LogP contribution in [-0.4, -0.2) is 43.4 Å². The standard InChI is InChI=1S/C23H29N5O4/c1-15(2)28-21(24-26(4)23(28)30)17-10-12-27(13-11-17)22(29)20-19(16(3)32-25-20)14-31-18-8-6-5-7-9-18/h5-9,15,17H,10-14H2,1-4H3. The molecule has 4 rings (SSSR count). The molecule has 0 bridgehead atoms. The average Bonchev–Trinajstić information content (AvgIpc) is 3.31. The minimum Gasteiger partial charge on any atom is -0.489 e. The Bertz CT molecular complexity index is 1140. The molecule has 170 valence electrons. The van der Waals surface area contributed by atoms with E-state index in [0.29, 0.717) is 30.1 Å². The van der Waals surface area contributed by atoms with Gasteiger partial charge in [-0.05, 0) is 45.7 Å². The van der Waals surface area contributed by atoms with E-state index < -0.39 is 0 Å². The van der Waals surface area contributed by atoms with Crippen LogP contribution >= 0.6 is 0 Å². The number of amides is 1. The topological polar surface area (TPSA) is 95.4 Å². The van der Waals surface area contributed by atoms with E-state index in [1.54, 1.807) is 23.4 Å². The van der Waals surface area contributed by atoms with Gasteiger partial charge in [0.1, 0.15) is 23.9 Å². The van der Waals surface area contributed by atoms with Crippen molar-refractivity contribution in [2.75, 3.05) is 13.1 Å². The first-order valence-electron chi connectivity index (χ1n) is 10.9. The summed E-state index contributed by atoms with van der Waals surface area (Å²) in [5.41, 5.74) is 0.864. The minimum atomic E-state index is -0.158. The van der Waals surface area contributed by atoms with Gasteiger partial charge in [-0.2, -0.15) is 5.10 Å². The molecule has 2 aromatic heterocycles. The Labute approximate surface area is 186 Å². The zero-order chi connectivity index (χ0) is 22.8. The third-order valence-corrected chi connectivity index (χ3v) is 5.96. The predicted octanol–water partition coefficient (Wildman–Crippen LogP) is 3.06. The van der Waals surface area contributed by atoms with Crippen LogP contribution in [0.15, 0.2) is 39.6 Å². The van der Waals surface area contributed by atoms with Crippen molar-refractivity contribution in [3.63, 3.8) is 0 Å². The summed E-state index contributed by atoms with van der Waals surface area (Å²) >= 11 is 0. The van der Waals surface area contributed by atoms with E-state index in [-0.39, 0.29) is 30.2 Å². The van der Waals surface area contributed by atoms with Crippen LogP contribution in [0.4, 0.5) is 0 Å². The molecule has 0 N–H and O–H groups in total. The molecule has 3 aromatic rings. The maximum absolute atomic E-state index is 13.2. The largest absolute Gasteiger partial charge is 0.489 e. The van der Waals surface area contributed by atoms with E-state index in [0.717, 1.165) is 24.4 Å². The van der Waals surface area contributed by atoms with Crippen LogP contribution in [0.5, 0.6) is 5.75 Å². The second kappa shape index (κ2) is 9.02. The lowest BCUT2D eigenvalue weighted by molar-refractivity contribution is 0.0697. The van der Waals surface area contributed by atoms with Crippen molar-refractivity contribution < 1.29 is 14.1 Å². The maximum Gasteiger partial charge on any atom is 0.345 e. The van der Waals surface area contributed by atoms with Crippen molar-refractivity contribution in [1.82, 2.24) is 24.4 Å². The van der Waals surface area contributed by atoms with Crippen LogP contribution < -0.4 is 10.4 Å². The van der Waals surface area contributed by atoms with E-state index in [4.69, 9.17) is 9.26 Å². The van der Waals surface area contributed by atoms with E-state index >= 15 is 0 Å². The third kappa shape index (κ3) is 4.19. The molecule has 1 amide bonds. The Morgan fingerprint density at radius 1 is 1.22 bits per heavy atom. The number of piperidine rings is 1. The number of hydrogen-bond acceptors (Lipinski definition) is 6. The quantitative estimate of drug-likeness (QED) is 0.586. The molecule has 1 aromatic carbocycles. The lowest BCUT2D eigenvalue weighted by Gasteiger charge is -2.31. The number of aryl methyl sites for hydroxylation is 2. The number of ether oxygens (including phenoxy) is 1. The first-order valence-corrected chi connectivity index (χ1v) is 10.9. The van der Waals surface area contributed by atoms with Gasteiger partial charge in [-0.15, -0.1) is 0 Å². The van der Waals surface area contributed by atoms with E-state index in [1.165, 1.54) is 4.68 Å². The number of likely N-dealkylation sites (tertiary alicyclic amines) is 1. The van der Waals surface area contributed by atoms with Gasteiger partial charge < -0.3 is 14.2 Å². The van der Waals surface area contributed by atoms with E-state index in [9.17, 15) is 9.59 Å². The lowest BCUT2D eigenvalue weighted by atomic mass is 9.95. The summed E-state index contributed by atoms with van der Waals surface area (Å²) in [5, 5.41) is 8.50. The second-order valence-corrected chi connectivity index (χ2v) is 8.46. The summed E-state index contributed by atoms with van der Waals surface area (Å²) in [4.78, 5) is 27.4. The highest BCUT2D eigenvalue weighted by atomic mass is 16.5. The van der Waals surface area contributed by atoms with Crippen LogP contribution in [0.25, 0.3) is 0 Å². The molecule has 0 saturated carbocycles. The molecule has 1 saturated heterocycles. The molecular weight excluding hydrogens is 410 g/mol. The van der Waals surface area contributed by atoms with Gasteiger partial charge in [0, 0.05) is 32.1 Å². The van der Waals surface area contributed by atoms with Crippen LogP contribution in [0.3, 0.4) is 0 Å². The zero-order valence-corrected chi connectivity index (χ0v) is 18.9. The second-order valence-electron chi connectivity index (χ2n) is 8.46. The monoisotopic (exact) mass is 439 g/mol. The lowest BCUT2D eigenvalue weighted by Crippen LogP contribution is -2.39. The van der Waals surface area contributed by atoms with Crippen molar-refractivity contribution in [2.45, 2.75) is 52.2 Å². The number of para-hydroxylation sites is 1. The fraction of sp³-hybridized carbons (Fsp3) is 0.478. The SMILES string of the molecule is Cc1onc(C(=O)N2CCC(c3nn(C)c(=O)n3C(C)C)CC2)c1COc1ccccc1. The fourth-order valence-corrected chi connectivity index (χ4v) is 4.15. The van der Waals surface area contributed by atoms with Crippen LogP contribution in [0.1, 0.15) is 66.3 Å². The minimum absolute atomic E-state index is 0.0381. The first-order chi connectivity index (χ1) is 15.4. The first kappa shape index (κ1) is 21.9. The summed E-state index contributed by atoms with van der Waals surface area (Å²) in [6.45, 7) is 7.10. The predicted molar refractivity (Wildman–Crippen MR) is 118 cm³/mol. The highest BCUT2D eigenvalue weighted by Gasteiger charge is 2.31. The van der Waals surface area contributed by atoms with Gasteiger partial charge in [-0.1, -0.05) is 23.4 Å². The number of carbonyl (C=O) groups is 1. The number of benzene rings is 1. The Kier molecular flexibility index (Phi) is 6.16. The number of hydrogen-bond donors (Lipinski definition) is 0. The molecule has 3 heterocycles. The van der Waals surface area contributed by atoms with Gasteiger partial charge >= 0.3 is 5.69 Å². The van der Waals surface area contributed by atoms with Crippen LogP contribution in [0.2, 0.25) is 0 Å². The molecule has 0 spiro atoms. The molecule has 0 atom stereocenters. The summed E-state index contributed by atoms with van der Waals surface area (Å²) < 4.78 is 14.3. The normalized spacial score (nSPS) is 14.8. The van der Waals surface area contributed by atoms with Crippen molar-refractivity contribution in [1.29, 1.82) is 0 Å². The molecule has 0 aliphatic carbocycles. The highest BCUT2D eigenvalue weighted by molar-refractivity contribution is 5.93.